The molecule has 7 heteroatoms. The normalized spacial score (nSPS) is 15.1. The molecular weight excluding hydrogens is 358 g/mol. The lowest BCUT2D eigenvalue weighted by atomic mass is 10.2. The molecule has 0 amide bonds. The number of hydrogen-bond donors (Lipinski definition) is 1. The summed E-state index contributed by atoms with van der Waals surface area (Å²) in [6.07, 6.45) is 1.76. The van der Waals surface area contributed by atoms with E-state index in [2.05, 4.69) is 41.3 Å². The summed E-state index contributed by atoms with van der Waals surface area (Å²) >= 11 is 3.41. The molecule has 23 heavy (non-hydrogen) atoms. The van der Waals surface area contributed by atoms with Crippen LogP contribution in [0.2, 0.25) is 0 Å². The first-order valence-corrected chi connectivity index (χ1v) is 8.23. The maximum absolute atomic E-state index is 5.36. The van der Waals surface area contributed by atoms with Crippen molar-refractivity contribution in [2.24, 2.45) is 5.10 Å². The molecule has 2 heterocycles. The van der Waals surface area contributed by atoms with Gasteiger partial charge in [0.15, 0.2) is 5.82 Å². The molecule has 3 rings (SSSR count). The largest absolute Gasteiger partial charge is 0.378 e. The Morgan fingerprint density at radius 3 is 2.70 bits per heavy atom. The summed E-state index contributed by atoms with van der Waals surface area (Å²) < 4.78 is 6.41. The molecule has 6 nitrogen and oxygen atoms in total. The number of nitrogens with one attached hydrogen (secondary N) is 1. The molecule has 0 radical (unpaired) electrons. The number of anilines is 2. The van der Waals surface area contributed by atoms with E-state index in [0.717, 1.165) is 34.8 Å². The zero-order valence-corrected chi connectivity index (χ0v) is 14.5. The van der Waals surface area contributed by atoms with Gasteiger partial charge in [0.2, 0.25) is 5.95 Å². The van der Waals surface area contributed by atoms with Crippen molar-refractivity contribution in [3.8, 4) is 0 Å². The van der Waals surface area contributed by atoms with Gasteiger partial charge < -0.3 is 9.64 Å². The van der Waals surface area contributed by atoms with E-state index < -0.39 is 0 Å². The molecule has 0 atom stereocenters. The second kappa shape index (κ2) is 7.52. The Balaban J connectivity index is 1.69. The molecule has 1 fully saturated rings. The summed E-state index contributed by atoms with van der Waals surface area (Å²) in [7, 11) is 0. The molecule has 0 unspecified atom stereocenters. The highest BCUT2D eigenvalue weighted by Crippen LogP contribution is 2.15. The maximum Gasteiger partial charge on any atom is 0.227 e. The Morgan fingerprint density at radius 1 is 1.22 bits per heavy atom. The zero-order valence-electron chi connectivity index (χ0n) is 12.9. The summed E-state index contributed by atoms with van der Waals surface area (Å²) in [6, 6.07) is 9.81. The fourth-order valence-corrected chi connectivity index (χ4v) is 2.50. The van der Waals surface area contributed by atoms with Gasteiger partial charge in [0.25, 0.3) is 0 Å². The third-order valence-electron chi connectivity index (χ3n) is 3.40. The van der Waals surface area contributed by atoms with Gasteiger partial charge in [0.05, 0.1) is 19.4 Å². The van der Waals surface area contributed by atoms with E-state index in [1.165, 1.54) is 0 Å². The molecule has 1 aliphatic rings. The number of aromatic nitrogens is 2. The summed E-state index contributed by atoms with van der Waals surface area (Å²) in [4.78, 5) is 11.2. The number of morpholine rings is 1. The molecular formula is C16H18BrN5O. The van der Waals surface area contributed by atoms with Crippen LogP contribution in [0.1, 0.15) is 11.3 Å². The number of ether oxygens (including phenoxy) is 1. The summed E-state index contributed by atoms with van der Waals surface area (Å²) in [5.74, 6) is 1.40. The minimum absolute atomic E-state index is 0.687. The Kier molecular flexibility index (Phi) is 5.19. The number of hydrazone groups is 1. The number of benzene rings is 1. The van der Waals surface area contributed by atoms with Gasteiger partial charge >= 0.3 is 0 Å². The second-order valence-electron chi connectivity index (χ2n) is 5.22. The number of nitrogens with zero attached hydrogens (tertiary/aromatic N) is 4. The lowest BCUT2D eigenvalue weighted by molar-refractivity contribution is 0.122. The van der Waals surface area contributed by atoms with Crippen LogP contribution in [0.15, 0.2) is 39.9 Å². The first-order chi connectivity index (χ1) is 11.2. The predicted molar refractivity (Wildman–Crippen MR) is 95.2 cm³/mol. The molecule has 0 aliphatic carbocycles. The summed E-state index contributed by atoms with van der Waals surface area (Å²) in [5, 5.41) is 4.25. The van der Waals surface area contributed by atoms with Gasteiger partial charge in [0, 0.05) is 29.3 Å². The molecule has 1 aliphatic heterocycles. The van der Waals surface area contributed by atoms with Gasteiger partial charge in [0.1, 0.15) is 0 Å². The van der Waals surface area contributed by atoms with Gasteiger partial charge in [-0.15, -0.1) is 0 Å². The number of aryl methyl sites for hydroxylation is 1. The van der Waals surface area contributed by atoms with Gasteiger partial charge in [-0.05, 0) is 24.6 Å². The van der Waals surface area contributed by atoms with Crippen molar-refractivity contribution in [2.75, 3.05) is 36.6 Å². The van der Waals surface area contributed by atoms with Crippen LogP contribution in [0.4, 0.5) is 11.8 Å². The van der Waals surface area contributed by atoms with E-state index >= 15 is 0 Å². The predicted octanol–water partition coefficient (Wildman–Crippen LogP) is 2.83. The van der Waals surface area contributed by atoms with Crippen molar-refractivity contribution in [3.63, 3.8) is 0 Å². The van der Waals surface area contributed by atoms with Gasteiger partial charge in [-0.2, -0.15) is 10.1 Å². The number of hydrogen-bond acceptors (Lipinski definition) is 6. The first-order valence-electron chi connectivity index (χ1n) is 7.44. The maximum atomic E-state index is 5.36. The monoisotopic (exact) mass is 375 g/mol. The van der Waals surface area contributed by atoms with Crippen molar-refractivity contribution in [2.45, 2.75) is 6.92 Å². The lowest BCUT2D eigenvalue weighted by Crippen LogP contribution is -2.37. The quantitative estimate of drug-likeness (QED) is 0.657. The molecule has 1 aromatic heterocycles. The standard InChI is InChI=1S/C16H18BrN5O/c1-12-10-15(20-16(19-12)22-6-8-23-9-7-22)21-18-11-13-2-4-14(17)5-3-13/h2-5,10-11H,6-9H2,1H3,(H,19,20,21). The molecule has 0 saturated carbocycles. The van der Waals surface area contributed by atoms with Crippen LogP contribution in [0, 0.1) is 6.92 Å². The van der Waals surface area contributed by atoms with E-state index in [4.69, 9.17) is 4.74 Å². The van der Waals surface area contributed by atoms with Crippen LogP contribution in [0.25, 0.3) is 0 Å². The van der Waals surface area contributed by atoms with E-state index in [-0.39, 0.29) is 0 Å². The Morgan fingerprint density at radius 2 is 1.96 bits per heavy atom. The van der Waals surface area contributed by atoms with Crippen LogP contribution in [0.3, 0.4) is 0 Å². The van der Waals surface area contributed by atoms with Crippen LogP contribution < -0.4 is 10.3 Å². The number of rotatable bonds is 4. The van der Waals surface area contributed by atoms with E-state index in [0.29, 0.717) is 19.0 Å². The molecule has 1 N–H and O–H groups in total. The van der Waals surface area contributed by atoms with Crippen LogP contribution >= 0.6 is 15.9 Å². The molecule has 0 bridgehead atoms. The topological polar surface area (TPSA) is 62.6 Å². The molecule has 1 saturated heterocycles. The first kappa shape index (κ1) is 15.9. The minimum atomic E-state index is 0.687. The third-order valence-corrected chi connectivity index (χ3v) is 3.93. The third kappa shape index (κ3) is 4.49. The van der Waals surface area contributed by atoms with Gasteiger partial charge in [-0.1, -0.05) is 28.1 Å². The minimum Gasteiger partial charge on any atom is -0.378 e. The fraction of sp³-hybridized carbons (Fsp3) is 0.312. The molecule has 1 aromatic carbocycles. The van der Waals surface area contributed by atoms with E-state index in [1.54, 1.807) is 6.21 Å². The lowest BCUT2D eigenvalue weighted by Gasteiger charge is -2.27. The second-order valence-corrected chi connectivity index (χ2v) is 6.13. The van der Waals surface area contributed by atoms with E-state index in [1.807, 2.05) is 37.3 Å². The van der Waals surface area contributed by atoms with Crippen LogP contribution in [-0.4, -0.2) is 42.5 Å². The van der Waals surface area contributed by atoms with Crippen LogP contribution in [-0.2, 0) is 4.74 Å². The molecule has 2 aromatic rings. The van der Waals surface area contributed by atoms with Gasteiger partial charge in [-0.25, -0.2) is 4.98 Å². The van der Waals surface area contributed by atoms with Crippen molar-refractivity contribution in [1.82, 2.24) is 9.97 Å². The van der Waals surface area contributed by atoms with Crippen molar-refractivity contribution in [1.29, 1.82) is 0 Å². The highest BCUT2D eigenvalue weighted by Gasteiger charge is 2.14. The highest BCUT2D eigenvalue weighted by molar-refractivity contribution is 9.10. The highest BCUT2D eigenvalue weighted by atomic mass is 79.9. The smallest absolute Gasteiger partial charge is 0.227 e. The molecule has 120 valence electrons. The van der Waals surface area contributed by atoms with Crippen molar-refractivity contribution in [3.05, 3.63) is 46.1 Å². The van der Waals surface area contributed by atoms with Crippen LogP contribution in [0.5, 0.6) is 0 Å². The summed E-state index contributed by atoms with van der Waals surface area (Å²) in [5.41, 5.74) is 4.90. The van der Waals surface area contributed by atoms with Crippen molar-refractivity contribution >= 4 is 33.9 Å². The van der Waals surface area contributed by atoms with Gasteiger partial charge in [-0.3, -0.25) is 5.43 Å². The number of halogens is 1. The Labute approximate surface area is 143 Å². The van der Waals surface area contributed by atoms with Crippen molar-refractivity contribution < 1.29 is 4.74 Å². The van der Waals surface area contributed by atoms with E-state index in [9.17, 15) is 0 Å². The average Bonchev–Trinajstić information content (AvgIpc) is 2.57. The Bertz CT molecular complexity index is 683. The average molecular weight is 376 g/mol. The summed E-state index contributed by atoms with van der Waals surface area (Å²) in [6.45, 7) is 4.99. The SMILES string of the molecule is Cc1cc(NN=Cc2ccc(Br)cc2)nc(N2CCOCC2)n1. The molecule has 0 spiro atoms. The fourth-order valence-electron chi connectivity index (χ4n) is 2.24. The Hall–Kier alpha value is -1.99. The zero-order chi connectivity index (χ0) is 16.1.